The van der Waals surface area contributed by atoms with Crippen LogP contribution in [0.2, 0.25) is 5.02 Å². The molecule has 0 bridgehead atoms. The van der Waals surface area contributed by atoms with Crippen molar-refractivity contribution < 1.29 is 22.4 Å². The standard InChI is InChI=1S/C18H14ClF3N6O2/c19-14-15(17(29)24-4-2-6-27-7-5-23-10-27)26-28-13(18(20,21)22)9-11(25-16(14)28)12-3-1-8-30-12/h1,3,5,7-10H,2,4,6H2,(H,24,29). The molecule has 0 aliphatic rings. The van der Waals surface area contributed by atoms with E-state index in [1.807, 2.05) is 4.57 Å². The molecule has 8 nitrogen and oxygen atoms in total. The van der Waals surface area contributed by atoms with E-state index in [4.69, 9.17) is 16.0 Å². The lowest BCUT2D eigenvalue weighted by Crippen LogP contribution is -2.26. The number of alkyl halides is 3. The summed E-state index contributed by atoms with van der Waals surface area (Å²) in [6, 6.07) is 3.79. The lowest BCUT2D eigenvalue weighted by atomic mass is 10.2. The molecule has 12 heteroatoms. The van der Waals surface area contributed by atoms with Crippen molar-refractivity contribution in [3.8, 4) is 11.5 Å². The molecule has 156 valence electrons. The quantitative estimate of drug-likeness (QED) is 0.464. The molecule has 0 saturated carbocycles. The Morgan fingerprint density at radius 2 is 2.17 bits per heavy atom. The van der Waals surface area contributed by atoms with Crippen LogP contribution in [0.5, 0.6) is 0 Å². The van der Waals surface area contributed by atoms with E-state index in [0.29, 0.717) is 17.5 Å². The number of nitrogens with zero attached hydrogens (tertiary/aromatic N) is 5. The van der Waals surface area contributed by atoms with Gasteiger partial charge in [0.25, 0.3) is 5.91 Å². The molecule has 0 atom stereocenters. The number of rotatable bonds is 6. The predicted octanol–water partition coefficient (Wildman–Crippen LogP) is 3.68. The first-order valence-electron chi connectivity index (χ1n) is 8.79. The normalized spacial score (nSPS) is 11.9. The summed E-state index contributed by atoms with van der Waals surface area (Å²) in [4.78, 5) is 20.5. The van der Waals surface area contributed by atoms with E-state index < -0.39 is 17.8 Å². The van der Waals surface area contributed by atoms with Crippen molar-refractivity contribution in [2.24, 2.45) is 0 Å². The van der Waals surface area contributed by atoms with Crippen molar-refractivity contribution in [3.05, 3.63) is 59.6 Å². The molecule has 30 heavy (non-hydrogen) atoms. The van der Waals surface area contributed by atoms with Gasteiger partial charge in [-0.3, -0.25) is 4.79 Å². The summed E-state index contributed by atoms with van der Waals surface area (Å²) in [5.41, 5.74) is -1.83. The molecule has 0 aromatic carbocycles. The number of amides is 1. The van der Waals surface area contributed by atoms with Crippen molar-refractivity contribution >= 4 is 23.2 Å². The summed E-state index contributed by atoms with van der Waals surface area (Å²) in [7, 11) is 0. The highest BCUT2D eigenvalue weighted by atomic mass is 35.5. The van der Waals surface area contributed by atoms with Crippen LogP contribution < -0.4 is 5.32 Å². The zero-order valence-electron chi connectivity index (χ0n) is 15.2. The predicted molar refractivity (Wildman–Crippen MR) is 99.9 cm³/mol. The van der Waals surface area contributed by atoms with Gasteiger partial charge in [-0.25, -0.2) is 14.5 Å². The van der Waals surface area contributed by atoms with Crippen molar-refractivity contribution in [2.75, 3.05) is 6.54 Å². The molecule has 4 aromatic rings. The van der Waals surface area contributed by atoms with Crippen LogP contribution in [-0.2, 0) is 12.7 Å². The van der Waals surface area contributed by atoms with E-state index in [1.165, 1.54) is 18.4 Å². The summed E-state index contributed by atoms with van der Waals surface area (Å²) >= 11 is 6.18. The SMILES string of the molecule is O=C(NCCCn1ccnc1)c1nn2c(C(F)(F)F)cc(-c3ccco3)nc2c1Cl. The zero-order chi connectivity index (χ0) is 21.3. The van der Waals surface area contributed by atoms with E-state index in [-0.39, 0.29) is 34.4 Å². The molecule has 0 unspecified atom stereocenters. The topological polar surface area (TPSA) is 90.2 Å². The number of hydrogen-bond acceptors (Lipinski definition) is 5. The van der Waals surface area contributed by atoms with E-state index in [1.54, 1.807) is 18.7 Å². The third-order valence-corrected chi connectivity index (χ3v) is 4.60. The molecule has 1 N–H and O–H groups in total. The minimum Gasteiger partial charge on any atom is -0.463 e. The summed E-state index contributed by atoms with van der Waals surface area (Å²) in [6.07, 6.45) is 2.20. The number of fused-ring (bicyclic) bond motifs is 1. The lowest BCUT2D eigenvalue weighted by Gasteiger charge is -2.09. The molecule has 1 amide bonds. The average Bonchev–Trinajstić information content (AvgIpc) is 3.45. The lowest BCUT2D eigenvalue weighted by molar-refractivity contribution is -0.142. The number of furan rings is 1. The maximum atomic E-state index is 13.6. The number of aromatic nitrogens is 5. The van der Waals surface area contributed by atoms with E-state index in [9.17, 15) is 18.0 Å². The van der Waals surface area contributed by atoms with Gasteiger partial charge in [0.05, 0.1) is 12.6 Å². The Balaban J connectivity index is 1.62. The number of nitrogens with one attached hydrogen (secondary N) is 1. The summed E-state index contributed by atoms with van der Waals surface area (Å²) < 4.78 is 48.3. The fourth-order valence-corrected chi connectivity index (χ4v) is 3.10. The van der Waals surface area contributed by atoms with E-state index >= 15 is 0 Å². The fraction of sp³-hybridized carbons (Fsp3) is 0.222. The first-order valence-corrected chi connectivity index (χ1v) is 9.16. The summed E-state index contributed by atoms with van der Waals surface area (Å²) in [6.45, 7) is 0.893. The Bertz CT molecular complexity index is 1170. The average molecular weight is 439 g/mol. The van der Waals surface area contributed by atoms with Crippen LogP contribution in [0.3, 0.4) is 0 Å². The second-order valence-electron chi connectivity index (χ2n) is 6.31. The van der Waals surface area contributed by atoms with Crippen LogP contribution >= 0.6 is 11.6 Å². The second-order valence-corrected chi connectivity index (χ2v) is 6.69. The molecule has 4 aromatic heterocycles. The Morgan fingerprint density at radius 3 is 2.83 bits per heavy atom. The summed E-state index contributed by atoms with van der Waals surface area (Å²) in [5, 5.41) is 6.10. The van der Waals surface area contributed by atoms with Crippen LogP contribution in [0.15, 0.2) is 47.6 Å². The van der Waals surface area contributed by atoms with Gasteiger partial charge in [-0.1, -0.05) is 11.6 Å². The largest absolute Gasteiger partial charge is 0.463 e. The van der Waals surface area contributed by atoms with Crippen LogP contribution in [0, 0.1) is 0 Å². The molecule has 0 aliphatic heterocycles. The Morgan fingerprint density at radius 1 is 1.33 bits per heavy atom. The molecule has 4 rings (SSSR count). The number of aryl methyl sites for hydroxylation is 1. The third-order valence-electron chi connectivity index (χ3n) is 4.25. The number of halogens is 4. The minimum absolute atomic E-state index is 0.0751. The van der Waals surface area contributed by atoms with Crippen molar-refractivity contribution in [3.63, 3.8) is 0 Å². The Kier molecular flexibility index (Phi) is 5.20. The zero-order valence-corrected chi connectivity index (χ0v) is 16.0. The number of carbonyl (C=O) groups excluding carboxylic acids is 1. The molecule has 0 aliphatic carbocycles. The van der Waals surface area contributed by atoms with Crippen LogP contribution in [0.1, 0.15) is 22.6 Å². The first-order chi connectivity index (χ1) is 14.3. The van der Waals surface area contributed by atoms with Gasteiger partial charge in [0, 0.05) is 25.5 Å². The van der Waals surface area contributed by atoms with Crippen molar-refractivity contribution in [1.82, 2.24) is 29.5 Å². The molecule has 4 heterocycles. The third kappa shape index (κ3) is 3.88. The van der Waals surface area contributed by atoms with Crippen LogP contribution in [0.25, 0.3) is 17.1 Å². The monoisotopic (exact) mass is 438 g/mol. The smallest absolute Gasteiger partial charge is 0.433 e. The fourth-order valence-electron chi connectivity index (χ4n) is 2.86. The van der Waals surface area contributed by atoms with Gasteiger partial charge in [-0.2, -0.15) is 18.3 Å². The van der Waals surface area contributed by atoms with Crippen molar-refractivity contribution in [1.29, 1.82) is 0 Å². The molecule has 0 fully saturated rings. The van der Waals surface area contributed by atoms with Gasteiger partial charge in [0.15, 0.2) is 22.8 Å². The van der Waals surface area contributed by atoms with Gasteiger partial charge >= 0.3 is 6.18 Å². The Hall–Kier alpha value is -3.34. The number of hydrogen-bond donors (Lipinski definition) is 1. The first kappa shape index (κ1) is 20.0. The maximum Gasteiger partial charge on any atom is 0.433 e. The number of imidazole rings is 1. The maximum absolute atomic E-state index is 13.6. The second kappa shape index (κ2) is 7.82. The molecule has 0 radical (unpaired) electrons. The molecular formula is C18H14ClF3N6O2. The molecular weight excluding hydrogens is 425 g/mol. The van der Waals surface area contributed by atoms with Crippen molar-refractivity contribution in [2.45, 2.75) is 19.1 Å². The highest BCUT2D eigenvalue weighted by Crippen LogP contribution is 2.34. The Labute approximate surface area is 172 Å². The van der Waals surface area contributed by atoms with Crippen LogP contribution in [-0.4, -0.2) is 36.6 Å². The summed E-state index contributed by atoms with van der Waals surface area (Å²) in [5.74, 6) is -0.561. The van der Waals surface area contributed by atoms with Crippen LogP contribution in [0.4, 0.5) is 13.2 Å². The van der Waals surface area contributed by atoms with Gasteiger partial charge in [0.2, 0.25) is 0 Å². The molecule has 0 saturated heterocycles. The van der Waals surface area contributed by atoms with Gasteiger partial charge < -0.3 is 14.3 Å². The number of carbonyl (C=O) groups is 1. The highest BCUT2D eigenvalue weighted by Gasteiger charge is 2.37. The minimum atomic E-state index is -4.75. The van der Waals surface area contributed by atoms with Gasteiger partial charge in [-0.05, 0) is 24.6 Å². The molecule has 0 spiro atoms. The van der Waals surface area contributed by atoms with Gasteiger partial charge in [-0.15, -0.1) is 0 Å². The van der Waals surface area contributed by atoms with Gasteiger partial charge in [0.1, 0.15) is 10.7 Å². The highest BCUT2D eigenvalue weighted by molar-refractivity contribution is 6.36. The van der Waals surface area contributed by atoms with E-state index in [0.717, 1.165) is 6.07 Å². The van der Waals surface area contributed by atoms with E-state index in [2.05, 4.69) is 20.4 Å².